The quantitative estimate of drug-likeness (QED) is 0.798. The van der Waals surface area contributed by atoms with Crippen molar-refractivity contribution in [3.8, 4) is 17.2 Å². The SMILES string of the molecule is CCc1cccc(OCC(=O)N2CCc3cc(OC)c(OC)cc3C2)c1. The summed E-state index contributed by atoms with van der Waals surface area (Å²) >= 11 is 0. The van der Waals surface area contributed by atoms with E-state index in [0.717, 1.165) is 29.9 Å². The van der Waals surface area contributed by atoms with E-state index in [-0.39, 0.29) is 12.5 Å². The molecule has 0 atom stereocenters. The van der Waals surface area contributed by atoms with E-state index in [1.54, 1.807) is 14.2 Å². The summed E-state index contributed by atoms with van der Waals surface area (Å²) < 4.78 is 16.4. The first-order valence-corrected chi connectivity index (χ1v) is 8.88. The summed E-state index contributed by atoms with van der Waals surface area (Å²) in [5, 5.41) is 0. The molecule has 1 heterocycles. The molecular formula is C21H25NO4. The van der Waals surface area contributed by atoms with Crippen molar-refractivity contribution in [2.45, 2.75) is 26.3 Å². The summed E-state index contributed by atoms with van der Waals surface area (Å²) in [4.78, 5) is 14.4. The van der Waals surface area contributed by atoms with Crippen molar-refractivity contribution in [1.82, 2.24) is 4.90 Å². The van der Waals surface area contributed by atoms with Crippen LogP contribution in [0, 0.1) is 0 Å². The lowest BCUT2D eigenvalue weighted by molar-refractivity contribution is -0.134. The zero-order valence-corrected chi connectivity index (χ0v) is 15.6. The molecule has 0 N–H and O–H groups in total. The van der Waals surface area contributed by atoms with Gasteiger partial charge in [-0.25, -0.2) is 0 Å². The third-order valence-corrected chi connectivity index (χ3v) is 4.74. The van der Waals surface area contributed by atoms with E-state index in [9.17, 15) is 4.79 Å². The van der Waals surface area contributed by atoms with Crippen molar-refractivity contribution in [2.75, 3.05) is 27.4 Å². The van der Waals surface area contributed by atoms with Crippen molar-refractivity contribution >= 4 is 5.91 Å². The van der Waals surface area contributed by atoms with Gasteiger partial charge in [0.1, 0.15) is 5.75 Å². The lowest BCUT2D eigenvalue weighted by Crippen LogP contribution is -2.38. The number of amides is 1. The molecule has 1 amide bonds. The van der Waals surface area contributed by atoms with Crippen LogP contribution in [0.4, 0.5) is 0 Å². The molecule has 1 aliphatic heterocycles. The highest BCUT2D eigenvalue weighted by atomic mass is 16.5. The number of nitrogens with zero attached hydrogens (tertiary/aromatic N) is 1. The van der Waals surface area contributed by atoms with Gasteiger partial charge in [-0.15, -0.1) is 0 Å². The van der Waals surface area contributed by atoms with Crippen LogP contribution in [0.3, 0.4) is 0 Å². The van der Waals surface area contributed by atoms with Gasteiger partial charge in [0, 0.05) is 13.1 Å². The van der Waals surface area contributed by atoms with Crippen molar-refractivity contribution in [2.24, 2.45) is 0 Å². The summed E-state index contributed by atoms with van der Waals surface area (Å²) in [7, 11) is 3.25. The van der Waals surface area contributed by atoms with E-state index in [1.165, 1.54) is 11.1 Å². The second kappa shape index (κ2) is 8.13. The van der Waals surface area contributed by atoms with Crippen molar-refractivity contribution in [3.05, 3.63) is 53.1 Å². The molecule has 0 aromatic heterocycles. The predicted octanol–water partition coefficient (Wildman–Crippen LogP) is 3.23. The summed E-state index contributed by atoms with van der Waals surface area (Å²) in [6.45, 7) is 3.39. The molecule has 0 radical (unpaired) electrons. The van der Waals surface area contributed by atoms with E-state index in [1.807, 2.05) is 35.2 Å². The smallest absolute Gasteiger partial charge is 0.260 e. The van der Waals surface area contributed by atoms with Crippen LogP contribution in [-0.4, -0.2) is 38.2 Å². The monoisotopic (exact) mass is 355 g/mol. The average molecular weight is 355 g/mol. The lowest BCUT2D eigenvalue weighted by atomic mass is 9.99. The van der Waals surface area contributed by atoms with Gasteiger partial charge in [0.05, 0.1) is 14.2 Å². The molecule has 0 fully saturated rings. The number of carbonyl (C=O) groups is 1. The minimum Gasteiger partial charge on any atom is -0.493 e. The fourth-order valence-corrected chi connectivity index (χ4v) is 3.19. The molecule has 5 heteroatoms. The highest BCUT2D eigenvalue weighted by Gasteiger charge is 2.23. The van der Waals surface area contributed by atoms with Crippen LogP contribution in [0.2, 0.25) is 0 Å². The van der Waals surface area contributed by atoms with Gasteiger partial charge in [0.15, 0.2) is 18.1 Å². The maximum Gasteiger partial charge on any atom is 0.260 e. The van der Waals surface area contributed by atoms with Crippen LogP contribution in [0.15, 0.2) is 36.4 Å². The molecule has 138 valence electrons. The van der Waals surface area contributed by atoms with Crippen molar-refractivity contribution in [1.29, 1.82) is 0 Å². The average Bonchev–Trinajstić information content (AvgIpc) is 2.70. The van der Waals surface area contributed by atoms with Crippen LogP contribution in [0.25, 0.3) is 0 Å². The zero-order chi connectivity index (χ0) is 18.5. The Morgan fingerprint density at radius 2 is 1.81 bits per heavy atom. The standard InChI is InChI=1S/C21H25NO4/c1-4-15-6-5-7-18(10-15)26-14-21(23)22-9-8-16-11-19(24-2)20(25-3)12-17(16)13-22/h5-7,10-12H,4,8-9,13-14H2,1-3H3. The number of aryl methyl sites for hydroxylation is 1. The van der Waals surface area contributed by atoms with Crippen LogP contribution >= 0.6 is 0 Å². The summed E-state index contributed by atoms with van der Waals surface area (Å²) in [5.74, 6) is 2.15. The Bertz CT molecular complexity index is 788. The summed E-state index contributed by atoms with van der Waals surface area (Å²) in [5.41, 5.74) is 3.49. The van der Waals surface area contributed by atoms with Gasteiger partial charge >= 0.3 is 0 Å². The maximum atomic E-state index is 12.6. The van der Waals surface area contributed by atoms with E-state index in [4.69, 9.17) is 14.2 Å². The molecule has 0 unspecified atom stereocenters. The van der Waals surface area contributed by atoms with Gasteiger partial charge in [-0.1, -0.05) is 19.1 Å². The summed E-state index contributed by atoms with van der Waals surface area (Å²) in [6, 6.07) is 11.8. The number of methoxy groups -OCH3 is 2. The predicted molar refractivity (Wildman–Crippen MR) is 100.0 cm³/mol. The van der Waals surface area contributed by atoms with Gasteiger partial charge in [-0.2, -0.15) is 0 Å². The molecule has 3 rings (SSSR count). The van der Waals surface area contributed by atoms with Crippen molar-refractivity contribution in [3.63, 3.8) is 0 Å². The van der Waals surface area contributed by atoms with Gasteiger partial charge in [-0.05, 0) is 53.8 Å². The summed E-state index contributed by atoms with van der Waals surface area (Å²) in [6.07, 6.45) is 1.74. The third kappa shape index (κ3) is 3.93. The largest absolute Gasteiger partial charge is 0.493 e. The molecule has 0 saturated heterocycles. The van der Waals surface area contributed by atoms with E-state index in [0.29, 0.717) is 18.8 Å². The van der Waals surface area contributed by atoms with Gasteiger partial charge in [-0.3, -0.25) is 4.79 Å². The molecule has 0 spiro atoms. The molecular weight excluding hydrogens is 330 g/mol. The fourth-order valence-electron chi connectivity index (χ4n) is 3.19. The molecule has 2 aromatic carbocycles. The molecule has 1 aliphatic rings. The highest BCUT2D eigenvalue weighted by Crippen LogP contribution is 2.33. The minimum absolute atomic E-state index is 0.00710. The number of fused-ring (bicyclic) bond motifs is 1. The Hall–Kier alpha value is -2.69. The lowest BCUT2D eigenvalue weighted by Gasteiger charge is -2.29. The van der Waals surface area contributed by atoms with Gasteiger partial charge in [0.2, 0.25) is 0 Å². The second-order valence-corrected chi connectivity index (χ2v) is 6.33. The Kier molecular flexibility index (Phi) is 5.66. The molecule has 0 saturated carbocycles. The topological polar surface area (TPSA) is 48.0 Å². The number of hydrogen-bond acceptors (Lipinski definition) is 4. The molecule has 0 bridgehead atoms. The third-order valence-electron chi connectivity index (χ3n) is 4.74. The van der Waals surface area contributed by atoms with Crippen LogP contribution in [0.1, 0.15) is 23.6 Å². The first-order chi connectivity index (χ1) is 12.6. The molecule has 5 nitrogen and oxygen atoms in total. The highest BCUT2D eigenvalue weighted by molar-refractivity contribution is 5.78. The van der Waals surface area contributed by atoms with E-state index < -0.39 is 0 Å². The number of ether oxygens (including phenoxy) is 3. The number of carbonyl (C=O) groups excluding carboxylic acids is 1. The first-order valence-electron chi connectivity index (χ1n) is 8.88. The van der Waals surface area contributed by atoms with E-state index in [2.05, 4.69) is 13.0 Å². The molecule has 2 aromatic rings. The van der Waals surface area contributed by atoms with Gasteiger partial charge < -0.3 is 19.1 Å². The van der Waals surface area contributed by atoms with Crippen LogP contribution in [-0.2, 0) is 24.2 Å². The fraction of sp³-hybridized carbons (Fsp3) is 0.381. The Morgan fingerprint density at radius 1 is 1.08 bits per heavy atom. The Morgan fingerprint density at radius 3 is 2.50 bits per heavy atom. The molecule has 0 aliphatic carbocycles. The zero-order valence-electron chi connectivity index (χ0n) is 15.6. The number of benzene rings is 2. The second-order valence-electron chi connectivity index (χ2n) is 6.33. The van der Waals surface area contributed by atoms with Crippen molar-refractivity contribution < 1.29 is 19.0 Å². The Balaban J connectivity index is 1.65. The maximum absolute atomic E-state index is 12.6. The number of rotatable bonds is 6. The van der Waals surface area contributed by atoms with E-state index >= 15 is 0 Å². The van der Waals surface area contributed by atoms with Crippen LogP contribution < -0.4 is 14.2 Å². The Labute approximate surface area is 154 Å². The molecule has 26 heavy (non-hydrogen) atoms. The first kappa shape index (κ1) is 18.1. The number of hydrogen-bond donors (Lipinski definition) is 0. The van der Waals surface area contributed by atoms with Crippen LogP contribution in [0.5, 0.6) is 17.2 Å². The van der Waals surface area contributed by atoms with Gasteiger partial charge in [0.25, 0.3) is 5.91 Å². The normalized spacial score (nSPS) is 13.1. The minimum atomic E-state index is -0.00710.